The van der Waals surface area contributed by atoms with Crippen molar-refractivity contribution in [3.8, 4) is 11.4 Å². The zero-order valence-electron chi connectivity index (χ0n) is 7.61. The predicted molar refractivity (Wildman–Crippen MR) is 56.8 cm³/mol. The third-order valence-corrected chi connectivity index (χ3v) is 2.09. The number of halogens is 2. The number of nitrogens with zero attached hydrogens (tertiary/aromatic N) is 2. The molecule has 0 saturated heterocycles. The molecule has 3 nitrogen and oxygen atoms in total. The molecule has 0 amide bonds. The second kappa shape index (κ2) is 3.82. The van der Waals surface area contributed by atoms with E-state index in [0.29, 0.717) is 16.4 Å². The van der Waals surface area contributed by atoms with Crippen molar-refractivity contribution < 1.29 is 4.39 Å². The van der Waals surface area contributed by atoms with Gasteiger partial charge < -0.3 is 5.73 Å². The summed E-state index contributed by atoms with van der Waals surface area (Å²) < 4.78 is 12.8. The van der Waals surface area contributed by atoms with E-state index < -0.39 is 5.82 Å². The average molecular weight is 224 g/mol. The van der Waals surface area contributed by atoms with Crippen molar-refractivity contribution in [2.24, 2.45) is 0 Å². The predicted octanol–water partition coefficient (Wildman–Crippen LogP) is 2.52. The summed E-state index contributed by atoms with van der Waals surface area (Å²) in [5.74, 6) is -0.433. The second-order valence-electron chi connectivity index (χ2n) is 2.94. The first-order valence-corrected chi connectivity index (χ1v) is 4.58. The minimum atomic E-state index is -0.624. The Morgan fingerprint density at radius 2 is 2.13 bits per heavy atom. The Balaban J connectivity index is 2.50. The van der Waals surface area contributed by atoms with Gasteiger partial charge in [0.25, 0.3) is 0 Å². The molecule has 15 heavy (non-hydrogen) atoms. The highest BCUT2D eigenvalue weighted by atomic mass is 35.5. The van der Waals surface area contributed by atoms with E-state index in [1.54, 1.807) is 24.3 Å². The summed E-state index contributed by atoms with van der Waals surface area (Å²) in [4.78, 5) is 7.64. The van der Waals surface area contributed by atoms with Gasteiger partial charge in [0.15, 0.2) is 17.5 Å². The van der Waals surface area contributed by atoms with Crippen molar-refractivity contribution in [1.29, 1.82) is 0 Å². The summed E-state index contributed by atoms with van der Waals surface area (Å²) in [6, 6.07) is 6.96. The molecule has 0 aliphatic heterocycles. The topological polar surface area (TPSA) is 51.8 Å². The maximum absolute atomic E-state index is 12.8. The highest BCUT2D eigenvalue weighted by Crippen LogP contribution is 2.20. The van der Waals surface area contributed by atoms with Crippen LogP contribution in [0, 0.1) is 5.82 Å². The van der Waals surface area contributed by atoms with Crippen molar-refractivity contribution in [1.82, 2.24) is 9.97 Å². The number of aromatic nitrogens is 2. The van der Waals surface area contributed by atoms with Crippen LogP contribution in [0.2, 0.25) is 5.02 Å². The smallest absolute Gasteiger partial charge is 0.183 e. The lowest BCUT2D eigenvalue weighted by molar-refractivity contribution is 0.620. The minimum Gasteiger partial charge on any atom is -0.381 e. The van der Waals surface area contributed by atoms with Gasteiger partial charge in [-0.25, -0.2) is 14.4 Å². The van der Waals surface area contributed by atoms with E-state index in [1.165, 1.54) is 0 Å². The zero-order chi connectivity index (χ0) is 10.8. The van der Waals surface area contributed by atoms with Crippen LogP contribution in [0.1, 0.15) is 0 Å². The summed E-state index contributed by atoms with van der Waals surface area (Å²) in [6.45, 7) is 0. The van der Waals surface area contributed by atoms with Crippen LogP contribution in [0.3, 0.4) is 0 Å². The summed E-state index contributed by atoms with van der Waals surface area (Å²) in [5.41, 5.74) is 6.04. The SMILES string of the molecule is Nc1nc(-c2cccc(Cl)c2)ncc1F. The highest BCUT2D eigenvalue weighted by Gasteiger charge is 2.05. The first-order valence-electron chi connectivity index (χ1n) is 4.21. The summed E-state index contributed by atoms with van der Waals surface area (Å²) >= 11 is 5.80. The van der Waals surface area contributed by atoms with Gasteiger partial charge in [0, 0.05) is 10.6 Å². The van der Waals surface area contributed by atoms with Crippen molar-refractivity contribution in [2.75, 3.05) is 5.73 Å². The quantitative estimate of drug-likeness (QED) is 0.808. The molecule has 1 aromatic heterocycles. The third kappa shape index (κ3) is 2.05. The Kier molecular flexibility index (Phi) is 2.51. The monoisotopic (exact) mass is 223 g/mol. The fourth-order valence-corrected chi connectivity index (χ4v) is 1.34. The van der Waals surface area contributed by atoms with Crippen LogP contribution in [-0.4, -0.2) is 9.97 Å². The highest BCUT2D eigenvalue weighted by molar-refractivity contribution is 6.30. The summed E-state index contributed by atoms with van der Waals surface area (Å²) in [5, 5.41) is 0.569. The van der Waals surface area contributed by atoms with Gasteiger partial charge in [-0.05, 0) is 12.1 Å². The molecule has 2 rings (SSSR count). The van der Waals surface area contributed by atoms with E-state index in [-0.39, 0.29) is 5.82 Å². The van der Waals surface area contributed by atoms with Crippen molar-refractivity contribution in [3.05, 3.63) is 41.3 Å². The first-order chi connectivity index (χ1) is 7.16. The maximum atomic E-state index is 12.8. The van der Waals surface area contributed by atoms with Crippen molar-refractivity contribution in [2.45, 2.75) is 0 Å². The van der Waals surface area contributed by atoms with Crippen LogP contribution < -0.4 is 5.73 Å². The number of hydrogen-bond donors (Lipinski definition) is 1. The fraction of sp³-hybridized carbons (Fsp3) is 0. The first kappa shape index (κ1) is 9.86. The lowest BCUT2D eigenvalue weighted by Gasteiger charge is -2.01. The molecule has 0 fully saturated rings. The molecule has 0 spiro atoms. The fourth-order valence-electron chi connectivity index (χ4n) is 1.15. The number of anilines is 1. The van der Waals surface area contributed by atoms with Gasteiger partial charge in [-0.1, -0.05) is 23.7 Å². The van der Waals surface area contributed by atoms with Gasteiger partial charge in [0.2, 0.25) is 0 Å². The van der Waals surface area contributed by atoms with E-state index in [4.69, 9.17) is 17.3 Å². The van der Waals surface area contributed by atoms with E-state index in [9.17, 15) is 4.39 Å². The summed E-state index contributed by atoms with van der Waals surface area (Å²) in [6.07, 6.45) is 1.04. The number of rotatable bonds is 1. The van der Waals surface area contributed by atoms with Crippen molar-refractivity contribution in [3.63, 3.8) is 0 Å². The van der Waals surface area contributed by atoms with Gasteiger partial charge in [0.05, 0.1) is 6.20 Å². The molecular weight excluding hydrogens is 217 g/mol. The van der Waals surface area contributed by atoms with Crippen LogP contribution in [0.25, 0.3) is 11.4 Å². The average Bonchev–Trinajstić information content (AvgIpc) is 2.22. The van der Waals surface area contributed by atoms with E-state index in [1.807, 2.05) is 0 Å². The number of benzene rings is 1. The van der Waals surface area contributed by atoms with Crippen LogP contribution in [-0.2, 0) is 0 Å². The molecule has 2 aromatic rings. The molecule has 76 valence electrons. The Hall–Kier alpha value is -1.68. The minimum absolute atomic E-state index is 0.167. The molecule has 0 saturated carbocycles. The number of hydrogen-bond acceptors (Lipinski definition) is 3. The normalized spacial score (nSPS) is 10.3. The molecule has 0 unspecified atom stereocenters. The second-order valence-corrected chi connectivity index (χ2v) is 3.37. The van der Waals surface area contributed by atoms with Crippen LogP contribution in [0.5, 0.6) is 0 Å². The Morgan fingerprint density at radius 3 is 2.80 bits per heavy atom. The molecule has 0 radical (unpaired) electrons. The maximum Gasteiger partial charge on any atom is 0.183 e. The molecule has 2 N–H and O–H groups in total. The van der Waals surface area contributed by atoms with Gasteiger partial charge in [0.1, 0.15) is 0 Å². The molecular formula is C10H7ClFN3. The van der Waals surface area contributed by atoms with Gasteiger partial charge in [-0.3, -0.25) is 0 Å². The van der Waals surface area contributed by atoms with E-state index >= 15 is 0 Å². The summed E-state index contributed by atoms with van der Waals surface area (Å²) in [7, 11) is 0. The van der Waals surface area contributed by atoms with Crippen LogP contribution >= 0.6 is 11.6 Å². The molecule has 0 aliphatic carbocycles. The van der Waals surface area contributed by atoms with Crippen molar-refractivity contribution >= 4 is 17.4 Å². The van der Waals surface area contributed by atoms with Gasteiger partial charge in [-0.15, -0.1) is 0 Å². The molecule has 1 heterocycles. The zero-order valence-corrected chi connectivity index (χ0v) is 8.37. The number of nitrogens with two attached hydrogens (primary N) is 1. The largest absolute Gasteiger partial charge is 0.381 e. The van der Waals surface area contributed by atoms with E-state index in [0.717, 1.165) is 6.20 Å². The Morgan fingerprint density at radius 1 is 1.33 bits per heavy atom. The van der Waals surface area contributed by atoms with Crippen LogP contribution in [0.15, 0.2) is 30.5 Å². The Labute approximate surface area is 90.7 Å². The molecule has 0 aliphatic rings. The molecule has 0 bridgehead atoms. The van der Waals surface area contributed by atoms with Gasteiger partial charge >= 0.3 is 0 Å². The lowest BCUT2D eigenvalue weighted by atomic mass is 10.2. The third-order valence-electron chi connectivity index (χ3n) is 1.85. The molecule has 1 aromatic carbocycles. The standard InChI is InChI=1S/C10H7ClFN3/c11-7-3-1-2-6(4-7)10-14-5-8(12)9(13)15-10/h1-5H,(H2,13,14,15). The van der Waals surface area contributed by atoms with Crippen LogP contribution in [0.4, 0.5) is 10.2 Å². The lowest BCUT2D eigenvalue weighted by Crippen LogP contribution is -1.98. The van der Waals surface area contributed by atoms with E-state index in [2.05, 4.69) is 9.97 Å². The Bertz CT molecular complexity index is 502. The number of nitrogen functional groups attached to an aromatic ring is 1. The molecule has 0 atom stereocenters. The molecule has 5 heteroatoms. The van der Waals surface area contributed by atoms with Gasteiger partial charge in [-0.2, -0.15) is 0 Å².